The molecule has 6 heteroatoms. The molecular weight excluding hydrogens is 314 g/mol. The summed E-state index contributed by atoms with van der Waals surface area (Å²) >= 11 is 0. The first-order chi connectivity index (χ1) is 12.2. The number of anilines is 1. The molecule has 1 atom stereocenters. The number of carbonyl (C=O) groups excluding carboxylic acids is 1. The van der Waals surface area contributed by atoms with Gasteiger partial charge in [0.05, 0.1) is 5.92 Å². The van der Waals surface area contributed by atoms with E-state index < -0.39 is 0 Å². The largest absolute Gasteiger partial charge is 0.368 e. The molecular formula is C19H19N5O. The predicted octanol–water partition coefficient (Wildman–Crippen LogP) is 3.07. The van der Waals surface area contributed by atoms with E-state index >= 15 is 0 Å². The molecule has 0 saturated carbocycles. The number of carbonyl (C=O) groups is 1. The summed E-state index contributed by atoms with van der Waals surface area (Å²) in [4.78, 5) is 21.4. The lowest BCUT2D eigenvalue weighted by Crippen LogP contribution is -2.23. The fourth-order valence-corrected chi connectivity index (χ4v) is 3.43. The molecule has 1 aliphatic carbocycles. The van der Waals surface area contributed by atoms with Crippen LogP contribution in [0.25, 0.3) is 11.4 Å². The normalized spacial score (nSPS) is 16.9. The highest BCUT2D eigenvalue weighted by atomic mass is 16.2. The van der Waals surface area contributed by atoms with Crippen molar-refractivity contribution >= 4 is 11.9 Å². The first kappa shape index (κ1) is 15.5. The summed E-state index contributed by atoms with van der Waals surface area (Å²) in [5.74, 6) is 0.223. The third-order valence-corrected chi connectivity index (χ3v) is 4.70. The molecule has 0 saturated heterocycles. The van der Waals surface area contributed by atoms with Gasteiger partial charge in [0.1, 0.15) is 0 Å². The predicted molar refractivity (Wildman–Crippen MR) is 95.0 cm³/mol. The first-order valence-corrected chi connectivity index (χ1v) is 8.49. The molecule has 126 valence electrons. The van der Waals surface area contributed by atoms with Crippen LogP contribution in [0, 0.1) is 0 Å². The van der Waals surface area contributed by atoms with E-state index in [9.17, 15) is 4.79 Å². The van der Waals surface area contributed by atoms with Crippen molar-refractivity contribution in [2.24, 2.45) is 0 Å². The average molecular weight is 333 g/mol. The molecule has 2 heterocycles. The Bertz CT molecular complexity index is 903. The zero-order valence-electron chi connectivity index (χ0n) is 13.8. The molecule has 1 aliphatic rings. The van der Waals surface area contributed by atoms with Crippen LogP contribution in [0.1, 0.15) is 41.1 Å². The highest BCUT2D eigenvalue weighted by Crippen LogP contribution is 2.32. The molecule has 1 unspecified atom stereocenters. The van der Waals surface area contributed by atoms with Gasteiger partial charge in [-0.25, -0.2) is 0 Å². The monoisotopic (exact) mass is 333 g/mol. The second-order valence-corrected chi connectivity index (χ2v) is 6.28. The van der Waals surface area contributed by atoms with Crippen LogP contribution in [0.2, 0.25) is 0 Å². The molecule has 6 nitrogen and oxygen atoms in total. The van der Waals surface area contributed by atoms with Crippen LogP contribution in [0.3, 0.4) is 0 Å². The molecule has 0 bridgehead atoms. The maximum absolute atomic E-state index is 13.1. The summed E-state index contributed by atoms with van der Waals surface area (Å²) < 4.78 is 1.25. The van der Waals surface area contributed by atoms with Gasteiger partial charge in [-0.15, -0.1) is 5.10 Å². The molecule has 0 amide bonds. The molecule has 2 N–H and O–H groups in total. The number of hydrogen-bond acceptors (Lipinski definition) is 5. The maximum atomic E-state index is 13.1. The minimum Gasteiger partial charge on any atom is -0.368 e. The van der Waals surface area contributed by atoms with E-state index in [1.165, 1.54) is 10.2 Å². The molecule has 0 spiro atoms. The van der Waals surface area contributed by atoms with Gasteiger partial charge in [0.15, 0.2) is 5.82 Å². The summed E-state index contributed by atoms with van der Waals surface area (Å²) in [6.07, 6.45) is 7.24. The molecule has 0 fully saturated rings. The first-order valence-electron chi connectivity index (χ1n) is 8.49. The van der Waals surface area contributed by atoms with Crippen LogP contribution < -0.4 is 5.73 Å². The lowest BCUT2D eigenvalue weighted by molar-refractivity contribution is 0.0859. The van der Waals surface area contributed by atoms with Crippen LogP contribution in [-0.2, 0) is 6.42 Å². The van der Waals surface area contributed by atoms with Gasteiger partial charge in [-0.3, -0.25) is 9.78 Å². The number of aromatic nitrogens is 4. The number of nitrogens with zero attached hydrogens (tertiary/aromatic N) is 4. The Morgan fingerprint density at radius 1 is 1.12 bits per heavy atom. The van der Waals surface area contributed by atoms with E-state index in [0.29, 0.717) is 5.82 Å². The zero-order valence-corrected chi connectivity index (χ0v) is 13.8. The van der Waals surface area contributed by atoms with Crippen LogP contribution in [-0.4, -0.2) is 25.7 Å². The molecule has 3 aromatic rings. The van der Waals surface area contributed by atoms with Crippen LogP contribution >= 0.6 is 0 Å². The Kier molecular flexibility index (Phi) is 4.01. The van der Waals surface area contributed by atoms with Gasteiger partial charge in [0, 0.05) is 18.0 Å². The van der Waals surface area contributed by atoms with Crippen LogP contribution in [0.15, 0.2) is 48.8 Å². The third kappa shape index (κ3) is 2.91. The number of nitrogens with two attached hydrogens (primary N) is 1. The Morgan fingerprint density at radius 2 is 1.92 bits per heavy atom. The lowest BCUT2D eigenvalue weighted by atomic mass is 9.92. The third-order valence-electron chi connectivity index (χ3n) is 4.70. The number of rotatable bonds is 2. The van der Waals surface area contributed by atoms with Crippen molar-refractivity contribution in [1.29, 1.82) is 0 Å². The topological polar surface area (TPSA) is 86.7 Å². The highest BCUT2D eigenvalue weighted by molar-refractivity contribution is 5.88. The van der Waals surface area contributed by atoms with Crippen molar-refractivity contribution in [3.05, 3.63) is 59.9 Å². The Labute approximate surface area is 145 Å². The van der Waals surface area contributed by atoms with E-state index in [2.05, 4.69) is 21.1 Å². The van der Waals surface area contributed by atoms with E-state index in [4.69, 9.17) is 5.73 Å². The number of nitrogen functional groups attached to an aromatic ring is 1. The van der Waals surface area contributed by atoms with Crippen LogP contribution in [0.5, 0.6) is 0 Å². The lowest BCUT2D eigenvalue weighted by Gasteiger charge is -2.16. The van der Waals surface area contributed by atoms with Gasteiger partial charge >= 0.3 is 0 Å². The van der Waals surface area contributed by atoms with Gasteiger partial charge < -0.3 is 5.73 Å². The second-order valence-electron chi connectivity index (χ2n) is 6.28. The number of pyridine rings is 1. The summed E-state index contributed by atoms with van der Waals surface area (Å²) in [7, 11) is 0. The Balaban J connectivity index is 1.71. The minimum atomic E-state index is -0.229. The van der Waals surface area contributed by atoms with Gasteiger partial charge in [0.25, 0.3) is 5.91 Å². The van der Waals surface area contributed by atoms with Crippen molar-refractivity contribution in [3.8, 4) is 11.4 Å². The van der Waals surface area contributed by atoms with Gasteiger partial charge in [-0.2, -0.15) is 9.67 Å². The number of aryl methyl sites for hydroxylation is 1. The van der Waals surface area contributed by atoms with Crippen molar-refractivity contribution < 1.29 is 4.79 Å². The molecule has 1 aromatic carbocycles. The fraction of sp³-hybridized carbons (Fsp3) is 0.263. The molecule has 4 rings (SSSR count). The SMILES string of the molecule is Nc1nc(-c2ccncc2)nn1C(=O)C1CCCCc2ccccc21. The van der Waals surface area contributed by atoms with Gasteiger partial charge in [0.2, 0.25) is 5.95 Å². The second kappa shape index (κ2) is 6.47. The molecule has 0 aliphatic heterocycles. The summed E-state index contributed by atoms with van der Waals surface area (Å²) in [5.41, 5.74) is 9.12. The maximum Gasteiger partial charge on any atom is 0.257 e. The standard InChI is InChI=1S/C19H19N5O/c20-19-22-17(14-9-11-21-12-10-14)23-24(19)18(25)16-8-4-2-6-13-5-1-3-7-15(13)16/h1,3,5,7,9-12,16H,2,4,6,8H2,(H2,20,22,23). The van der Waals surface area contributed by atoms with Gasteiger partial charge in [-0.05, 0) is 42.5 Å². The molecule has 25 heavy (non-hydrogen) atoms. The quantitative estimate of drug-likeness (QED) is 0.728. The van der Waals surface area contributed by atoms with E-state index in [1.54, 1.807) is 24.5 Å². The Hall–Kier alpha value is -3.02. The zero-order chi connectivity index (χ0) is 17.2. The molecule has 2 aromatic heterocycles. The fourth-order valence-electron chi connectivity index (χ4n) is 3.43. The number of hydrogen-bond donors (Lipinski definition) is 1. The van der Waals surface area contributed by atoms with Crippen LogP contribution in [0.4, 0.5) is 5.95 Å². The summed E-state index contributed by atoms with van der Waals surface area (Å²) in [5, 5.41) is 4.36. The van der Waals surface area contributed by atoms with Crippen molar-refractivity contribution in [1.82, 2.24) is 19.7 Å². The van der Waals surface area contributed by atoms with Gasteiger partial charge in [-0.1, -0.05) is 30.7 Å². The number of benzene rings is 1. The molecule has 0 radical (unpaired) electrons. The minimum absolute atomic E-state index is 0.111. The van der Waals surface area contributed by atoms with E-state index in [0.717, 1.165) is 36.8 Å². The van der Waals surface area contributed by atoms with Crippen molar-refractivity contribution in [3.63, 3.8) is 0 Å². The van der Waals surface area contributed by atoms with Crippen molar-refractivity contribution in [2.45, 2.75) is 31.6 Å². The van der Waals surface area contributed by atoms with E-state index in [1.807, 2.05) is 18.2 Å². The smallest absolute Gasteiger partial charge is 0.257 e. The van der Waals surface area contributed by atoms with Crippen molar-refractivity contribution in [2.75, 3.05) is 5.73 Å². The Morgan fingerprint density at radius 3 is 2.76 bits per heavy atom. The average Bonchev–Trinajstić information content (AvgIpc) is 2.91. The highest BCUT2D eigenvalue weighted by Gasteiger charge is 2.28. The summed E-state index contributed by atoms with van der Waals surface area (Å²) in [6.45, 7) is 0. The van der Waals surface area contributed by atoms with E-state index in [-0.39, 0.29) is 17.8 Å². The summed E-state index contributed by atoms with van der Waals surface area (Å²) in [6, 6.07) is 11.7. The number of fused-ring (bicyclic) bond motifs is 1.